The maximum atomic E-state index is 5.40. The molecule has 1 aromatic carbocycles. The van der Waals surface area contributed by atoms with Gasteiger partial charge in [0, 0.05) is 23.0 Å². The van der Waals surface area contributed by atoms with Crippen LogP contribution in [-0.2, 0) is 6.54 Å². The van der Waals surface area contributed by atoms with Crippen molar-refractivity contribution in [3.8, 4) is 5.75 Å². The number of thioether (sulfide) groups is 1. The zero-order valence-electron chi connectivity index (χ0n) is 13.3. The van der Waals surface area contributed by atoms with Crippen LogP contribution in [0.1, 0.15) is 41.5 Å². The van der Waals surface area contributed by atoms with Crippen LogP contribution < -0.4 is 10.1 Å². The van der Waals surface area contributed by atoms with Crippen LogP contribution in [0, 0.1) is 13.8 Å². The average Bonchev–Trinajstić information content (AvgIpc) is 2.74. The van der Waals surface area contributed by atoms with E-state index in [1.807, 2.05) is 31.7 Å². The van der Waals surface area contributed by atoms with Gasteiger partial charge in [0.15, 0.2) is 0 Å². The van der Waals surface area contributed by atoms with Crippen LogP contribution in [0.5, 0.6) is 5.75 Å². The van der Waals surface area contributed by atoms with Gasteiger partial charge in [0.05, 0.1) is 12.8 Å². The van der Waals surface area contributed by atoms with E-state index in [1.54, 1.807) is 7.11 Å². The van der Waals surface area contributed by atoms with Crippen LogP contribution in [0.25, 0.3) is 0 Å². The monoisotopic (exact) mass is 318 g/mol. The Balaban J connectivity index is 1.82. The summed E-state index contributed by atoms with van der Waals surface area (Å²) < 4.78 is 10.6. The second kappa shape index (κ2) is 6.75. The van der Waals surface area contributed by atoms with Gasteiger partial charge in [-0.05, 0) is 56.2 Å². The molecule has 0 aliphatic carbocycles. The van der Waals surface area contributed by atoms with E-state index in [0.29, 0.717) is 6.04 Å². The Bertz CT molecular complexity index is 635. The van der Waals surface area contributed by atoms with Crippen LogP contribution in [0.3, 0.4) is 0 Å². The summed E-state index contributed by atoms with van der Waals surface area (Å²) in [6.45, 7) is 4.75. The van der Waals surface area contributed by atoms with Crippen molar-refractivity contribution < 1.29 is 9.26 Å². The summed E-state index contributed by atoms with van der Waals surface area (Å²) in [6, 6.07) is 6.73. The molecule has 0 fully saturated rings. The molecule has 1 aliphatic heterocycles. The largest absolute Gasteiger partial charge is 0.497 e. The number of benzene rings is 1. The number of nitrogens with zero attached hydrogens (tertiary/aromatic N) is 1. The highest BCUT2D eigenvalue weighted by atomic mass is 32.2. The molecule has 0 unspecified atom stereocenters. The van der Waals surface area contributed by atoms with Gasteiger partial charge in [-0.15, -0.1) is 11.8 Å². The molecule has 1 aromatic heterocycles. The maximum absolute atomic E-state index is 5.40. The van der Waals surface area contributed by atoms with Crippen molar-refractivity contribution in [1.82, 2.24) is 10.5 Å². The van der Waals surface area contributed by atoms with Gasteiger partial charge < -0.3 is 14.6 Å². The predicted molar refractivity (Wildman–Crippen MR) is 88.5 cm³/mol. The number of fused-ring (bicyclic) bond motifs is 1. The molecule has 0 spiro atoms. The van der Waals surface area contributed by atoms with E-state index >= 15 is 0 Å². The Kier molecular flexibility index (Phi) is 4.74. The summed E-state index contributed by atoms with van der Waals surface area (Å²) in [6.07, 6.45) is 2.34. The quantitative estimate of drug-likeness (QED) is 0.922. The van der Waals surface area contributed by atoms with Gasteiger partial charge in [0.2, 0.25) is 0 Å². The van der Waals surface area contributed by atoms with E-state index in [1.165, 1.54) is 28.2 Å². The molecule has 4 nitrogen and oxygen atoms in total. The number of aromatic nitrogens is 1. The van der Waals surface area contributed by atoms with Gasteiger partial charge in [-0.1, -0.05) is 5.16 Å². The highest BCUT2D eigenvalue weighted by Crippen LogP contribution is 2.37. The molecule has 2 heterocycles. The summed E-state index contributed by atoms with van der Waals surface area (Å²) >= 11 is 1.94. The first kappa shape index (κ1) is 15.4. The van der Waals surface area contributed by atoms with Crippen LogP contribution in [0.4, 0.5) is 0 Å². The van der Waals surface area contributed by atoms with Gasteiger partial charge in [-0.3, -0.25) is 0 Å². The molecule has 0 radical (unpaired) electrons. The minimum absolute atomic E-state index is 0.341. The van der Waals surface area contributed by atoms with Crippen molar-refractivity contribution in [2.45, 2.75) is 44.2 Å². The fraction of sp³-hybridized carbons (Fsp3) is 0.471. The van der Waals surface area contributed by atoms with E-state index in [0.717, 1.165) is 30.2 Å². The number of hydrogen-bond acceptors (Lipinski definition) is 5. The second-order valence-electron chi connectivity index (χ2n) is 5.63. The van der Waals surface area contributed by atoms with Crippen LogP contribution in [0.15, 0.2) is 27.6 Å². The molecule has 0 saturated carbocycles. The topological polar surface area (TPSA) is 47.3 Å². The number of aryl methyl sites for hydroxylation is 2. The molecule has 5 heteroatoms. The molecule has 1 aliphatic rings. The molecular formula is C17H22N2O2S. The standard InChI is InChI=1S/C17H22N2O2S/c1-11-15(12(2)21-19-11)10-18-16-5-4-8-22-17-7-6-13(20-3)9-14(16)17/h6-7,9,16,18H,4-5,8,10H2,1-3H3/t16-/m0/s1. The Morgan fingerprint density at radius 1 is 1.41 bits per heavy atom. The normalized spacial score (nSPS) is 17.9. The predicted octanol–water partition coefficient (Wildman–Crippen LogP) is 4.02. The minimum Gasteiger partial charge on any atom is -0.497 e. The Labute approximate surface area is 135 Å². The van der Waals surface area contributed by atoms with Gasteiger partial charge >= 0.3 is 0 Å². The highest BCUT2D eigenvalue weighted by molar-refractivity contribution is 7.99. The third-order valence-corrected chi connectivity index (χ3v) is 5.37. The molecule has 2 aromatic rings. The van der Waals surface area contributed by atoms with Crippen LogP contribution >= 0.6 is 11.8 Å². The molecule has 1 N–H and O–H groups in total. The SMILES string of the molecule is COc1ccc2c(c1)[C@@H](NCc1c(C)noc1C)CCCS2. The third-order valence-electron chi connectivity index (χ3n) is 4.19. The van der Waals surface area contributed by atoms with Crippen molar-refractivity contribution >= 4 is 11.8 Å². The summed E-state index contributed by atoms with van der Waals surface area (Å²) in [7, 11) is 1.72. The zero-order valence-corrected chi connectivity index (χ0v) is 14.1. The summed E-state index contributed by atoms with van der Waals surface area (Å²) in [5.74, 6) is 2.99. The van der Waals surface area contributed by atoms with E-state index in [-0.39, 0.29) is 0 Å². The lowest BCUT2D eigenvalue weighted by Gasteiger charge is -2.19. The lowest BCUT2D eigenvalue weighted by molar-refractivity contribution is 0.391. The van der Waals surface area contributed by atoms with Gasteiger partial charge in [-0.25, -0.2) is 0 Å². The van der Waals surface area contributed by atoms with E-state index < -0.39 is 0 Å². The summed E-state index contributed by atoms with van der Waals surface area (Å²) in [5, 5.41) is 7.72. The first-order valence-electron chi connectivity index (χ1n) is 7.65. The van der Waals surface area contributed by atoms with Crippen molar-refractivity contribution in [3.63, 3.8) is 0 Å². The fourth-order valence-electron chi connectivity index (χ4n) is 2.87. The van der Waals surface area contributed by atoms with Gasteiger partial charge in [0.1, 0.15) is 11.5 Å². The maximum Gasteiger partial charge on any atom is 0.138 e. The first-order valence-corrected chi connectivity index (χ1v) is 8.63. The van der Waals surface area contributed by atoms with E-state index in [4.69, 9.17) is 9.26 Å². The lowest BCUT2D eigenvalue weighted by Crippen LogP contribution is -2.21. The Morgan fingerprint density at radius 2 is 2.27 bits per heavy atom. The van der Waals surface area contributed by atoms with Crippen LogP contribution in [0.2, 0.25) is 0 Å². The number of hydrogen-bond donors (Lipinski definition) is 1. The summed E-state index contributed by atoms with van der Waals surface area (Å²) in [5.41, 5.74) is 3.48. The highest BCUT2D eigenvalue weighted by Gasteiger charge is 2.20. The molecule has 22 heavy (non-hydrogen) atoms. The minimum atomic E-state index is 0.341. The van der Waals surface area contributed by atoms with Crippen molar-refractivity contribution in [2.24, 2.45) is 0 Å². The molecular weight excluding hydrogens is 296 g/mol. The molecule has 0 bridgehead atoms. The van der Waals surface area contributed by atoms with Gasteiger partial charge in [0.25, 0.3) is 0 Å². The Morgan fingerprint density at radius 3 is 3.00 bits per heavy atom. The summed E-state index contributed by atoms with van der Waals surface area (Å²) in [4.78, 5) is 1.36. The zero-order chi connectivity index (χ0) is 15.5. The van der Waals surface area contributed by atoms with Crippen molar-refractivity contribution in [1.29, 1.82) is 0 Å². The number of methoxy groups -OCH3 is 1. The molecule has 1 atom stereocenters. The Hall–Kier alpha value is -1.46. The smallest absolute Gasteiger partial charge is 0.138 e. The second-order valence-corrected chi connectivity index (χ2v) is 6.77. The van der Waals surface area contributed by atoms with E-state index in [9.17, 15) is 0 Å². The average molecular weight is 318 g/mol. The fourth-order valence-corrected chi connectivity index (χ4v) is 3.94. The molecule has 0 saturated heterocycles. The van der Waals surface area contributed by atoms with E-state index in [2.05, 4.69) is 22.6 Å². The first-order chi connectivity index (χ1) is 10.7. The number of rotatable bonds is 4. The third kappa shape index (κ3) is 3.15. The molecule has 118 valence electrons. The number of nitrogens with one attached hydrogen (secondary N) is 1. The van der Waals surface area contributed by atoms with Gasteiger partial charge in [-0.2, -0.15) is 0 Å². The lowest BCUT2D eigenvalue weighted by atomic mass is 10.0. The molecule has 0 amide bonds. The number of ether oxygens (including phenoxy) is 1. The van der Waals surface area contributed by atoms with Crippen molar-refractivity contribution in [3.05, 3.63) is 40.8 Å². The van der Waals surface area contributed by atoms with Crippen LogP contribution in [-0.4, -0.2) is 18.0 Å². The molecule has 3 rings (SSSR count). The van der Waals surface area contributed by atoms with Crippen molar-refractivity contribution in [2.75, 3.05) is 12.9 Å².